The largest absolute Gasteiger partial charge is 0.492 e. The second-order valence-electron chi connectivity index (χ2n) is 6.06. The molecule has 0 saturated heterocycles. The Morgan fingerprint density at radius 2 is 2.03 bits per heavy atom. The van der Waals surface area contributed by atoms with Gasteiger partial charge in [0.25, 0.3) is 0 Å². The molecule has 3 heterocycles. The van der Waals surface area contributed by atoms with Crippen LogP contribution in [0.15, 0.2) is 72.8 Å². The maximum absolute atomic E-state index is 8.97. The lowest BCUT2D eigenvalue weighted by Gasteiger charge is -2.10. The Bertz CT molecular complexity index is 1170. The van der Waals surface area contributed by atoms with Crippen molar-refractivity contribution in [2.45, 2.75) is 6.54 Å². The molecule has 0 unspecified atom stereocenters. The van der Waals surface area contributed by atoms with Gasteiger partial charge in [-0.3, -0.25) is 4.55 Å². The molecule has 4 N–H and O–H groups in total. The van der Waals surface area contributed by atoms with E-state index < -0.39 is 10.3 Å². The van der Waals surface area contributed by atoms with Crippen LogP contribution in [0.1, 0.15) is 0 Å². The van der Waals surface area contributed by atoms with Crippen LogP contribution in [0.4, 0.5) is 11.6 Å². The second kappa shape index (κ2) is 10.6. The summed E-state index contributed by atoms with van der Waals surface area (Å²) >= 11 is 1.66. The number of rotatable bonds is 7. The van der Waals surface area contributed by atoms with Crippen molar-refractivity contribution in [3.8, 4) is 16.3 Å². The number of anilines is 2. The van der Waals surface area contributed by atoms with Crippen LogP contribution in [0.3, 0.4) is 0 Å². The van der Waals surface area contributed by atoms with Gasteiger partial charge in [0.1, 0.15) is 12.4 Å². The summed E-state index contributed by atoms with van der Waals surface area (Å²) in [7, 11) is -4.17. The summed E-state index contributed by atoms with van der Waals surface area (Å²) in [6.07, 6.45) is 7.21. The predicted molar refractivity (Wildman–Crippen MR) is 119 cm³/mol. The van der Waals surface area contributed by atoms with Crippen LogP contribution in [0, 0.1) is 0 Å². The molecule has 12 heteroatoms. The third-order valence-corrected chi connectivity index (χ3v) is 4.59. The number of thiophene rings is 1. The number of hydrogen-bond donors (Lipinski definition) is 3. The molecule has 1 aromatic carbocycles. The quantitative estimate of drug-likeness (QED) is 0.357. The van der Waals surface area contributed by atoms with Crippen molar-refractivity contribution in [1.82, 2.24) is 19.5 Å². The van der Waals surface area contributed by atoms with Gasteiger partial charge in [-0.15, -0.1) is 11.3 Å². The zero-order valence-electron chi connectivity index (χ0n) is 16.2. The molecule has 4 rings (SSSR count). The Balaban J connectivity index is 0.000000491. The van der Waals surface area contributed by atoms with Crippen LogP contribution >= 0.6 is 11.3 Å². The summed E-state index contributed by atoms with van der Waals surface area (Å²) in [5, 5.41) is 9.16. The summed E-state index contributed by atoms with van der Waals surface area (Å²) in [4.78, 5) is 14.0. The molecule has 0 aliphatic rings. The monoisotopic (exact) mass is 460 g/mol. The third-order valence-electron chi connectivity index (χ3n) is 3.70. The minimum Gasteiger partial charge on any atom is -0.492 e. The first-order valence-corrected chi connectivity index (χ1v) is 11.3. The van der Waals surface area contributed by atoms with Crippen LogP contribution in [0.2, 0.25) is 0 Å². The summed E-state index contributed by atoms with van der Waals surface area (Å²) in [6, 6.07) is 13.7. The van der Waals surface area contributed by atoms with E-state index in [1.807, 2.05) is 58.6 Å². The minimum absolute atomic E-state index is 0.562. The smallest absolute Gasteiger partial charge is 0.330 e. The van der Waals surface area contributed by atoms with Crippen molar-refractivity contribution >= 4 is 33.3 Å². The number of hydrogen-bond acceptors (Lipinski definition) is 8. The first kappa shape index (κ1) is 22.4. The average molecular weight is 461 g/mol. The molecule has 10 nitrogen and oxygen atoms in total. The summed E-state index contributed by atoms with van der Waals surface area (Å²) in [5.74, 6) is 1.36. The molecule has 0 spiro atoms. The molecule has 0 amide bonds. The van der Waals surface area contributed by atoms with Crippen molar-refractivity contribution in [3.05, 3.63) is 72.8 Å². The number of aromatic nitrogens is 4. The number of ether oxygens (including phenoxy) is 1. The maximum Gasteiger partial charge on any atom is 0.330 e. The first-order chi connectivity index (χ1) is 14.9. The number of nitrogens with zero attached hydrogens (tertiary/aromatic N) is 4. The molecule has 0 radical (unpaired) electrons. The van der Waals surface area contributed by atoms with Crippen LogP contribution in [0.5, 0.6) is 5.75 Å². The van der Waals surface area contributed by atoms with Gasteiger partial charge in [-0.05, 0) is 29.6 Å². The van der Waals surface area contributed by atoms with E-state index in [-0.39, 0.29) is 0 Å². The van der Waals surface area contributed by atoms with E-state index in [4.69, 9.17) is 17.7 Å². The Labute approximate surface area is 183 Å². The van der Waals surface area contributed by atoms with Crippen molar-refractivity contribution in [3.63, 3.8) is 0 Å². The lowest BCUT2D eigenvalue weighted by molar-refractivity contribution is 0.298. The van der Waals surface area contributed by atoms with E-state index in [2.05, 4.69) is 25.4 Å². The molecular weight excluding hydrogens is 440 g/mol. The van der Waals surface area contributed by atoms with Gasteiger partial charge in [0.05, 0.1) is 23.4 Å². The highest BCUT2D eigenvalue weighted by molar-refractivity contribution is 7.83. The summed E-state index contributed by atoms with van der Waals surface area (Å²) < 4.78 is 33.0. The standard InChI is InChI=1S/C19H17N5OS.H3NO3S/c1-3-15(13-16(4-1)25-11-10-24-9-8-20-14-24)22-19-21-7-6-17(23-19)18-5-2-12-26-18;1-5(2,3)4/h1-9,12-14H,10-11H2,(H,21,22,23);(H3,1,2,3,4). The highest BCUT2D eigenvalue weighted by Crippen LogP contribution is 2.24. The molecule has 0 fully saturated rings. The van der Waals surface area contributed by atoms with Crippen LogP contribution in [-0.4, -0.2) is 39.1 Å². The van der Waals surface area contributed by atoms with E-state index in [0.29, 0.717) is 12.6 Å². The zero-order chi connectivity index (χ0) is 22.1. The van der Waals surface area contributed by atoms with Crippen LogP contribution in [-0.2, 0) is 16.8 Å². The molecule has 0 aliphatic carbocycles. The Morgan fingerprint density at radius 3 is 2.74 bits per heavy atom. The van der Waals surface area contributed by atoms with E-state index in [9.17, 15) is 0 Å². The predicted octanol–water partition coefficient (Wildman–Crippen LogP) is 2.97. The van der Waals surface area contributed by atoms with Gasteiger partial charge in [-0.25, -0.2) is 20.1 Å². The Hall–Kier alpha value is -3.32. The highest BCUT2D eigenvalue weighted by atomic mass is 32.2. The number of imidazole rings is 1. The Kier molecular flexibility index (Phi) is 7.67. The number of benzene rings is 1. The Morgan fingerprint density at radius 1 is 1.19 bits per heavy atom. The van der Waals surface area contributed by atoms with Crippen molar-refractivity contribution in [1.29, 1.82) is 0 Å². The van der Waals surface area contributed by atoms with Crippen molar-refractivity contribution in [2.24, 2.45) is 5.14 Å². The molecular formula is C19H20N6O4S2. The van der Waals surface area contributed by atoms with Crippen LogP contribution < -0.4 is 15.2 Å². The van der Waals surface area contributed by atoms with Gasteiger partial charge < -0.3 is 14.6 Å². The highest BCUT2D eigenvalue weighted by Gasteiger charge is 2.04. The van der Waals surface area contributed by atoms with Crippen LogP contribution in [0.25, 0.3) is 10.6 Å². The van der Waals surface area contributed by atoms with Gasteiger partial charge in [-0.1, -0.05) is 12.1 Å². The van der Waals surface area contributed by atoms with Gasteiger partial charge in [0.2, 0.25) is 5.95 Å². The van der Waals surface area contributed by atoms with E-state index in [1.165, 1.54) is 0 Å². The fourth-order valence-electron chi connectivity index (χ4n) is 2.46. The van der Waals surface area contributed by atoms with Gasteiger partial charge in [0, 0.05) is 30.3 Å². The molecule has 0 saturated carbocycles. The molecule has 4 aromatic rings. The fourth-order valence-corrected chi connectivity index (χ4v) is 3.16. The SMILES string of the molecule is NS(=O)(=O)O.c1cc(Nc2nccc(-c3cccs3)n2)cc(OCCn2ccnc2)c1. The maximum atomic E-state index is 8.97. The van der Waals surface area contributed by atoms with Crippen molar-refractivity contribution in [2.75, 3.05) is 11.9 Å². The fraction of sp³-hybridized carbons (Fsp3) is 0.105. The molecule has 0 aliphatic heterocycles. The van der Waals surface area contributed by atoms with Crippen molar-refractivity contribution < 1.29 is 17.7 Å². The van der Waals surface area contributed by atoms with Gasteiger partial charge in [-0.2, -0.15) is 8.42 Å². The first-order valence-electron chi connectivity index (χ1n) is 8.94. The summed E-state index contributed by atoms with van der Waals surface area (Å²) in [5.41, 5.74) is 1.79. The molecule has 162 valence electrons. The minimum atomic E-state index is -4.17. The van der Waals surface area contributed by atoms with E-state index in [0.717, 1.165) is 28.6 Å². The molecule has 0 atom stereocenters. The number of nitrogens with one attached hydrogen (secondary N) is 1. The normalized spacial score (nSPS) is 10.8. The topological polar surface area (TPSA) is 145 Å². The lowest BCUT2D eigenvalue weighted by atomic mass is 10.3. The lowest BCUT2D eigenvalue weighted by Crippen LogP contribution is -2.08. The van der Waals surface area contributed by atoms with E-state index >= 15 is 0 Å². The average Bonchev–Trinajstić information content (AvgIpc) is 3.42. The van der Waals surface area contributed by atoms with Gasteiger partial charge >= 0.3 is 10.3 Å². The van der Waals surface area contributed by atoms with Gasteiger partial charge in [0.15, 0.2) is 0 Å². The molecule has 3 aromatic heterocycles. The summed E-state index contributed by atoms with van der Waals surface area (Å²) in [6.45, 7) is 1.33. The van der Waals surface area contributed by atoms with E-state index in [1.54, 1.807) is 30.1 Å². The molecule has 31 heavy (non-hydrogen) atoms. The zero-order valence-corrected chi connectivity index (χ0v) is 17.8. The second-order valence-corrected chi connectivity index (χ2v) is 8.04. The third kappa shape index (κ3) is 8.14. The number of nitrogens with two attached hydrogens (primary N) is 1. The molecule has 0 bridgehead atoms.